The van der Waals surface area contributed by atoms with Crippen LogP contribution in [0.15, 0.2) is 36.7 Å². The second-order valence-electron chi connectivity index (χ2n) is 7.01. The summed E-state index contributed by atoms with van der Waals surface area (Å²) in [4.78, 5) is 25.2. The quantitative estimate of drug-likeness (QED) is 0.856. The molecule has 1 saturated carbocycles. The third-order valence-electron chi connectivity index (χ3n) is 4.82. The van der Waals surface area contributed by atoms with Gasteiger partial charge in [-0.05, 0) is 44.2 Å². The van der Waals surface area contributed by atoms with E-state index in [1.165, 1.54) is 5.69 Å². The minimum atomic E-state index is -0.101. The van der Waals surface area contributed by atoms with E-state index in [0.717, 1.165) is 44.7 Å². The molecule has 4 rings (SSSR count). The van der Waals surface area contributed by atoms with Gasteiger partial charge < -0.3 is 20.4 Å². The van der Waals surface area contributed by atoms with Gasteiger partial charge in [0, 0.05) is 56.0 Å². The highest BCUT2D eigenvalue weighted by Crippen LogP contribution is 2.21. The highest BCUT2D eigenvalue weighted by atomic mass is 16.1. The van der Waals surface area contributed by atoms with Crippen molar-refractivity contribution >= 4 is 23.2 Å². The molecule has 0 spiro atoms. The zero-order valence-corrected chi connectivity index (χ0v) is 15.0. The van der Waals surface area contributed by atoms with Gasteiger partial charge >= 0.3 is 0 Å². The maximum Gasteiger partial charge on any atom is 0.254 e. The molecule has 1 aliphatic carbocycles. The Balaban J connectivity index is 1.35. The lowest BCUT2D eigenvalue weighted by atomic mass is 10.2. The topological polar surface area (TPSA) is 73.4 Å². The Morgan fingerprint density at radius 1 is 1.04 bits per heavy atom. The van der Waals surface area contributed by atoms with Crippen LogP contribution in [-0.4, -0.2) is 60.0 Å². The van der Waals surface area contributed by atoms with Crippen LogP contribution in [0, 0.1) is 0 Å². The Labute approximate surface area is 153 Å². The third-order valence-corrected chi connectivity index (χ3v) is 4.82. The molecule has 0 unspecified atom stereocenters. The van der Waals surface area contributed by atoms with Gasteiger partial charge in [0.2, 0.25) is 5.95 Å². The zero-order chi connectivity index (χ0) is 17.9. The first-order valence-corrected chi connectivity index (χ1v) is 9.11. The number of hydrogen-bond acceptors (Lipinski definition) is 6. The zero-order valence-electron chi connectivity index (χ0n) is 15.0. The molecule has 2 N–H and O–H groups in total. The van der Waals surface area contributed by atoms with Gasteiger partial charge in [-0.1, -0.05) is 0 Å². The van der Waals surface area contributed by atoms with Crippen LogP contribution in [0.3, 0.4) is 0 Å². The maximum absolute atomic E-state index is 12.0. The fourth-order valence-corrected chi connectivity index (χ4v) is 2.96. The second kappa shape index (κ2) is 7.29. The molecule has 2 aromatic rings. The van der Waals surface area contributed by atoms with E-state index in [-0.39, 0.29) is 5.91 Å². The lowest BCUT2D eigenvalue weighted by Crippen LogP contribution is -2.44. The predicted molar refractivity (Wildman–Crippen MR) is 102 cm³/mol. The number of nitrogens with one attached hydrogen (secondary N) is 2. The maximum atomic E-state index is 12.0. The average Bonchev–Trinajstić information content (AvgIpc) is 3.48. The molecule has 7 nitrogen and oxygen atoms in total. The molecule has 1 aromatic carbocycles. The van der Waals surface area contributed by atoms with E-state index in [1.807, 2.05) is 12.1 Å². The first-order valence-electron chi connectivity index (χ1n) is 9.11. The van der Waals surface area contributed by atoms with Crippen LogP contribution >= 0.6 is 0 Å². The minimum Gasteiger partial charge on any atom is -0.369 e. The van der Waals surface area contributed by atoms with Gasteiger partial charge in [0.15, 0.2) is 0 Å². The predicted octanol–water partition coefficient (Wildman–Crippen LogP) is 1.86. The first-order chi connectivity index (χ1) is 12.7. The summed E-state index contributed by atoms with van der Waals surface area (Å²) in [7, 11) is 2.16. The van der Waals surface area contributed by atoms with Gasteiger partial charge in [0.1, 0.15) is 0 Å². The monoisotopic (exact) mass is 352 g/mol. The van der Waals surface area contributed by atoms with Gasteiger partial charge in [-0.3, -0.25) is 4.79 Å². The van der Waals surface area contributed by atoms with Gasteiger partial charge in [-0.2, -0.15) is 0 Å². The Hall–Kier alpha value is -2.67. The number of amides is 1. The summed E-state index contributed by atoms with van der Waals surface area (Å²) in [5.74, 6) is 0.385. The summed E-state index contributed by atoms with van der Waals surface area (Å²) in [6, 6.07) is 8.63. The summed E-state index contributed by atoms with van der Waals surface area (Å²) < 4.78 is 0. The molecule has 0 radical (unpaired) electrons. The molecular formula is C19H24N6O. The minimum absolute atomic E-state index is 0.101. The van der Waals surface area contributed by atoms with E-state index in [4.69, 9.17) is 0 Å². The summed E-state index contributed by atoms with van der Waals surface area (Å²) in [5, 5.41) is 6.11. The summed E-state index contributed by atoms with van der Waals surface area (Å²) in [6.45, 7) is 4.29. The standard InChI is InChI=1S/C19H24N6O/c1-24-8-10-25(11-9-24)17-6-4-16(5-7-17)23-19-20-12-14(13-21-19)18(26)22-15-2-3-15/h4-7,12-13,15H,2-3,8-11H2,1H3,(H,22,26)(H,20,21,23). The molecule has 136 valence electrons. The average molecular weight is 352 g/mol. The number of nitrogens with zero attached hydrogens (tertiary/aromatic N) is 4. The number of benzene rings is 1. The van der Waals surface area contributed by atoms with Crippen molar-refractivity contribution in [3.05, 3.63) is 42.2 Å². The smallest absolute Gasteiger partial charge is 0.254 e. The summed E-state index contributed by atoms with van der Waals surface area (Å²) in [5.41, 5.74) is 2.66. The Bertz CT molecular complexity index is 749. The fourth-order valence-electron chi connectivity index (χ4n) is 2.96. The van der Waals surface area contributed by atoms with Gasteiger partial charge in [-0.25, -0.2) is 9.97 Å². The molecule has 2 heterocycles. The van der Waals surface area contributed by atoms with Crippen molar-refractivity contribution in [2.75, 3.05) is 43.4 Å². The van der Waals surface area contributed by atoms with Crippen LogP contribution in [-0.2, 0) is 0 Å². The molecular weight excluding hydrogens is 328 g/mol. The van der Waals surface area contributed by atoms with Crippen molar-refractivity contribution in [2.45, 2.75) is 18.9 Å². The third kappa shape index (κ3) is 4.11. The normalized spacial score (nSPS) is 17.8. The Morgan fingerprint density at radius 2 is 1.69 bits per heavy atom. The van der Waals surface area contributed by atoms with Crippen LogP contribution < -0.4 is 15.5 Å². The second-order valence-corrected chi connectivity index (χ2v) is 7.01. The fraction of sp³-hybridized carbons (Fsp3) is 0.421. The van der Waals surface area contributed by atoms with Crippen molar-refractivity contribution in [3.8, 4) is 0 Å². The number of carbonyl (C=O) groups is 1. The van der Waals surface area contributed by atoms with Crippen molar-refractivity contribution in [3.63, 3.8) is 0 Å². The van der Waals surface area contributed by atoms with Crippen LogP contribution in [0.25, 0.3) is 0 Å². The molecule has 1 amide bonds. The van der Waals surface area contributed by atoms with Crippen molar-refractivity contribution in [2.24, 2.45) is 0 Å². The van der Waals surface area contributed by atoms with E-state index in [2.05, 4.69) is 49.6 Å². The number of hydrogen-bond donors (Lipinski definition) is 2. The van der Waals surface area contributed by atoms with Crippen molar-refractivity contribution in [1.29, 1.82) is 0 Å². The van der Waals surface area contributed by atoms with Gasteiger partial charge in [0.25, 0.3) is 5.91 Å². The number of aromatic nitrogens is 2. The molecule has 26 heavy (non-hydrogen) atoms. The van der Waals surface area contributed by atoms with Crippen LogP contribution in [0.4, 0.5) is 17.3 Å². The molecule has 2 fully saturated rings. The van der Waals surface area contributed by atoms with Crippen LogP contribution in [0.5, 0.6) is 0 Å². The summed E-state index contributed by atoms with van der Waals surface area (Å²) >= 11 is 0. The number of anilines is 3. The molecule has 1 saturated heterocycles. The largest absolute Gasteiger partial charge is 0.369 e. The summed E-state index contributed by atoms with van der Waals surface area (Å²) in [6.07, 6.45) is 5.25. The van der Waals surface area contributed by atoms with E-state index >= 15 is 0 Å². The molecule has 7 heteroatoms. The Morgan fingerprint density at radius 3 is 2.31 bits per heavy atom. The van der Waals surface area contributed by atoms with E-state index in [0.29, 0.717) is 17.6 Å². The number of piperazine rings is 1. The number of carbonyl (C=O) groups excluding carboxylic acids is 1. The highest BCUT2D eigenvalue weighted by Gasteiger charge is 2.24. The van der Waals surface area contributed by atoms with E-state index in [1.54, 1.807) is 12.4 Å². The van der Waals surface area contributed by atoms with E-state index < -0.39 is 0 Å². The Kier molecular flexibility index (Phi) is 4.71. The number of likely N-dealkylation sites (N-methyl/N-ethyl adjacent to an activating group) is 1. The number of rotatable bonds is 5. The van der Waals surface area contributed by atoms with Crippen LogP contribution in [0.1, 0.15) is 23.2 Å². The first kappa shape index (κ1) is 16.8. The van der Waals surface area contributed by atoms with E-state index in [9.17, 15) is 4.79 Å². The van der Waals surface area contributed by atoms with Crippen molar-refractivity contribution in [1.82, 2.24) is 20.2 Å². The lowest BCUT2D eigenvalue weighted by Gasteiger charge is -2.34. The molecule has 1 aliphatic heterocycles. The molecule has 0 bridgehead atoms. The highest BCUT2D eigenvalue weighted by molar-refractivity contribution is 5.94. The molecule has 1 aromatic heterocycles. The van der Waals surface area contributed by atoms with Gasteiger partial charge in [0.05, 0.1) is 5.56 Å². The molecule has 2 aliphatic rings. The lowest BCUT2D eigenvalue weighted by molar-refractivity contribution is 0.0950. The van der Waals surface area contributed by atoms with Crippen LogP contribution in [0.2, 0.25) is 0 Å². The van der Waals surface area contributed by atoms with Gasteiger partial charge in [-0.15, -0.1) is 0 Å². The molecule has 0 atom stereocenters. The SMILES string of the molecule is CN1CCN(c2ccc(Nc3ncc(C(=O)NC4CC4)cn3)cc2)CC1. The van der Waals surface area contributed by atoms with Crippen molar-refractivity contribution < 1.29 is 4.79 Å².